The van der Waals surface area contributed by atoms with Crippen LogP contribution in [-0.2, 0) is 4.74 Å². The molecule has 3 amide bonds. The summed E-state index contributed by atoms with van der Waals surface area (Å²) < 4.78 is 25.4. The van der Waals surface area contributed by atoms with E-state index in [0.717, 1.165) is 0 Å². The molecule has 2 atom stereocenters. The third-order valence-corrected chi connectivity index (χ3v) is 6.63. The van der Waals surface area contributed by atoms with Gasteiger partial charge in [0, 0.05) is 49.8 Å². The number of carbonyl (C=O) groups excluding carboxylic acids is 2. The van der Waals surface area contributed by atoms with E-state index < -0.39 is 11.7 Å². The number of benzene rings is 2. The lowest BCUT2D eigenvalue weighted by atomic mass is 10.0. The molecule has 4 rings (SSSR count). The first-order chi connectivity index (χ1) is 17.9. The standard InChI is InChI=1S/C28H34FN3O6/c1-18-16-30(26(34)35)13-14-32(18)25(33)20-7-10-24(23(15-20)19-5-8-21(29)9-6-19)37-22-11-12-31(17-22)27(36)38-28(2,3)4/h5-10,15,18,22H,11-14,16-17H2,1-4H3,(H,34,35). The number of piperazine rings is 1. The summed E-state index contributed by atoms with van der Waals surface area (Å²) in [7, 11) is 0. The molecule has 0 aliphatic carbocycles. The van der Waals surface area contributed by atoms with Crippen LogP contribution in [0.3, 0.4) is 0 Å². The van der Waals surface area contributed by atoms with Gasteiger partial charge in [-0.15, -0.1) is 0 Å². The van der Waals surface area contributed by atoms with Crippen LogP contribution in [0.2, 0.25) is 0 Å². The van der Waals surface area contributed by atoms with Gasteiger partial charge in [0.1, 0.15) is 23.3 Å². The number of carbonyl (C=O) groups is 3. The molecule has 0 spiro atoms. The summed E-state index contributed by atoms with van der Waals surface area (Å²) >= 11 is 0. The van der Waals surface area contributed by atoms with Crippen molar-refractivity contribution in [2.24, 2.45) is 0 Å². The van der Waals surface area contributed by atoms with E-state index in [4.69, 9.17) is 9.47 Å². The number of rotatable bonds is 4. The number of nitrogens with zero attached hydrogens (tertiary/aromatic N) is 3. The highest BCUT2D eigenvalue weighted by Crippen LogP contribution is 2.34. The number of halogens is 1. The molecule has 1 N–H and O–H groups in total. The van der Waals surface area contributed by atoms with Gasteiger partial charge in [-0.3, -0.25) is 4.79 Å². The maximum atomic E-state index is 13.7. The predicted octanol–water partition coefficient (Wildman–Crippen LogP) is 4.71. The Morgan fingerprint density at radius 2 is 1.68 bits per heavy atom. The third kappa shape index (κ3) is 6.35. The van der Waals surface area contributed by atoms with Crippen molar-refractivity contribution in [3.05, 3.63) is 53.8 Å². The Morgan fingerprint density at radius 3 is 2.32 bits per heavy atom. The lowest BCUT2D eigenvalue weighted by Gasteiger charge is -2.38. The highest BCUT2D eigenvalue weighted by molar-refractivity contribution is 5.96. The van der Waals surface area contributed by atoms with Gasteiger partial charge in [-0.25, -0.2) is 14.0 Å². The summed E-state index contributed by atoms with van der Waals surface area (Å²) in [6.07, 6.45) is -1.04. The minimum absolute atomic E-state index is 0.214. The zero-order chi connectivity index (χ0) is 27.6. The molecular formula is C28H34FN3O6. The molecule has 10 heteroatoms. The van der Waals surface area contributed by atoms with Gasteiger partial charge in [-0.2, -0.15) is 0 Å². The van der Waals surface area contributed by atoms with Gasteiger partial charge in [0.2, 0.25) is 0 Å². The zero-order valence-electron chi connectivity index (χ0n) is 22.1. The van der Waals surface area contributed by atoms with Crippen LogP contribution in [0.1, 0.15) is 44.5 Å². The molecule has 2 aromatic carbocycles. The summed E-state index contributed by atoms with van der Waals surface area (Å²) in [5.74, 6) is -0.0697. The molecule has 2 aromatic rings. The molecule has 0 aromatic heterocycles. The average Bonchev–Trinajstić information content (AvgIpc) is 3.32. The molecule has 0 saturated carbocycles. The molecule has 0 bridgehead atoms. The van der Waals surface area contributed by atoms with E-state index in [2.05, 4.69) is 0 Å². The smallest absolute Gasteiger partial charge is 0.410 e. The lowest BCUT2D eigenvalue weighted by Crippen LogP contribution is -2.55. The molecule has 2 heterocycles. The molecule has 2 aliphatic heterocycles. The van der Waals surface area contributed by atoms with E-state index >= 15 is 0 Å². The molecule has 2 saturated heterocycles. The summed E-state index contributed by atoms with van der Waals surface area (Å²) in [5, 5.41) is 9.28. The van der Waals surface area contributed by atoms with Crippen molar-refractivity contribution in [1.29, 1.82) is 0 Å². The Balaban J connectivity index is 1.55. The fraction of sp³-hybridized carbons (Fsp3) is 0.464. The van der Waals surface area contributed by atoms with Crippen molar-refractivity contribution in [3.8, 4) is 16.9 Å². The molecule has 9 nitrogen and oxygen atoms in total. The molecule has 2 fully saturated rings. The minimum atomic E-state index is -0.999. The van der Waals surface area contributed by atoms with E-state index in [1.807, 2.05) is 27.7 Å². The van der Waals surface area contributed by atoms with E-state index in [1.54, 1.807) is 40.1 Å². The largest absolute Gasteiger partial charge is 0.488 e. The van der Waals surface area contributed by atoms with Crippen molar-refractivity contribution >= 4 is 18.1 Å². The second kappa shape index (κ2) is 10.9. The second-order valence-electron chi connectivity index (χ2n) is 10.7. The predicted molar refractivity (Wildman–Crippen MR) is 139 cm³/mol. The van der Waals surface area contributed by atoms with Crippen LogP contribution in [0, 0.1) is 5.82 Å². The number of hydrogen-bond acceptors (Lipinski definition) is 5. The van der Waals surface area contributed by atoms with Crippen molar-refractivity contribution in [2.45, 2.75) is 51.9 Å². The number of likely N-dealkylation sites (tertiary alicyclic amines) is 1. The molecule has 2 unspecified atom stereocenters. The second-order valence-corrected chi connectivity index (χ2v) is 10.7. The van der Waals surface area contributed by atoms with Gasteiger partial charge in [0.15, 0.2) is 0 Å². The zero-order valence-corrected chi connectivity index (χ0v) is 22.1. The average molecular weight is 528 g/mol. The molecular weight excluding hydrogens is 493 g/mol. The van der Waals surface area contributed by atoms with Gasteiger partial charge in [-0.05, 0) is 63.6 Å². The van der Waals surface area contributed by atoms with Crippen LogP contribution in [0.4, 0.5) is 14.0 Å². The fourth-order valence-corrected chi connectivity index (χ4v) is 4.72. The summed E-state index contributed by atoms with van der Waals surface area (Å²) in [5.41, 5.74) is 1.14. The van der Waals surface area contributed by atoms with Gasteiger partial charge < -0.3 is 29.3 Å². The van der Waals surface area contributed by atoms with Crippen molar-refractivity contribution < 1.29 is 33.4 Å². The first-order valence-corrected chi connectivity index (χ1v) is 12.7. The van der Waals surface area contributed by atoms with Crippen LogP contribution in [0.5, 0.6) is 5.75 Å². The topological polar surface area (TPSA) is 99.6 Å². The van der Waals surface area contributed by atoms with E-state index in [-0.39, 0.29) is 43.1 Å². The first kappa shape index (κ1) is 27.2. The van der Waals surface area contributed by atoms with Crippen LogP contribution < -0.4 is 4.74 Å². The van der Waals surface area contributed by atoms with Crippen LogP contribution in [0.15, 0.2) is 42.5 Å². The monoisotopic (exact) mass is 527 g/mol. The van der Waals surface area contributed by atoms with E-state index in [9.17, 15) is 23.9 Å². The maximum absolute atomic E-state index is 13.7. The summed E-state index contributed by atoms with van der Waals surface area (Å²) in [6.45, 7) is 8.92. The summed E-state index contributed by atoms with van der Waals surface area (Å²) in [4.78, 5) is 41.8. The highest BCUT2D eigenvalue weighted by atomic mass is 19.1. The van der Waals surface area contributed by atoms with Crippen LogP contribution in [-0.4, -0.2) is 88.4 Å². The Bertz CT molecular complexity index is 1200. The Kier molecular flexibility index (Phi) is 7.80. The quantitative estimate of drug-likeness (QED) is 0.619. The van der Waals surface area contributed by atoms with Crippen LogP contribution in [0.25, 0.3) is 11.1 Å². The van der Waals surface area contributed by atoms with E-state index in [1.165, 1.54) is 17.0 Å². The van der Waals surface area contributed by atoms with E-state index in [0.29, 0.717) is 48.5 Å². The number of hydrogen-bond donors (Lipinski definition) is 1. The molecule has 204 valence electrons. The number of amides is 3. The highest BCUT2D eigenvalue weighted by Gasteiger charge is 2.33. The van der Waals surface area contributed by atoms with Crippen molar-refractivity contribution in [1.82, 2.24) is 14.7 Å². The Labute approximate surface area is 221 Å². The molecule has 0 radical (unpaired) electrons. The molecule has 38 heavy (non-hydrogen) atoms. The Hall–Kier alpha value is -3.82. The number of carboxylic acid groups (broad SMARTS) is 1. The first-order valence-electron chi connectivity index (χ1n) is 12.7. The number of ether oxygens (including phenoxy) is 2. The molecule has 2 aliphatic rings. The minimum Gasteiger partial charge on any atom is -0.488 e. The van der Waals surface area contributed by atoms with Crippen LogP contribution >= 0.6 is 0 Å². The SMILES string of the molecule is CC1CN(C(=O)O)CCN1C(=O)c1ccc(OC2CCN(C(=O)OC(C)(C)C)C2)c(-c2ccc(F)cc2)c1. The van der Waals surface area contributed by atoms with Gasteiger partial charge in [0.05, 0.1) is 6.54 Å². The fourth-order valence-electron chi connectivity index (χ4n) is 4.72. The third-order valence-electron chi connectivity index (χ3n) is 6.63. The van der Waals surface area contributed by atoms with Gasteiger partial charge in [0.25, 0.3) is 5.91 Å². The Morgan fingerprint density at radius 1 is 0.974 bits per heavy atom. The van der Waals surface area contributed by atoms with Crippen molar-refractivity contribution in [3.63, 3.8) is 0 Å². The maximum Gasteiger partial charge on any atom is 0.410 e. The van der Waals surface area contributed by atoms with Gasteiger partial charge >= 0.3 is 12.2 Å². The normalized spacial score (nSPS) is 19.9. The van der Waals surface area contributed by atoms with Crippen molar-refractivity contribution in [2.75, 3.05) is 32.7 Å². The summed E-state index contributed by atoms with van der Waals surface area (Å²) in [6, 6.07) is 10.8. The lowest BCUT2D eigenvalue weighted by molar-refractivity contribution is 0.0275. The van der Waals surface area contributed by atoms with Gasteiger partial charge in [-0.1, -0.05) is 12.1 Å².